The van der Waals surface area contributed by atoms with Crippen molar-refractivity contribution in [2.45, 2.75) is 56.9 Å². The first kappa shape index (κ1) is 31.6. The number of aliphatic carboxylic acids is 1. The quantitative estimate of drug-likeness (QED) is 0.224. The predicted octanol–water partition coefficient (Wildman–Crippen LogP) is 6.67. The highest BCUT2D eigenvalue weighted by Crippen LogP contribution is 2.46. The molecule has 2 atom stereocenters. The number of carboxylic acids is 1. The molecule has 3 aromatic rings. The fourth-order valence-electron chi connectivity index (χ4n) is 5.39. The molecule has 1 amide bonds. The Morgan fingerprint density at radius 3 is 2.36 bits per heavy atom. The molecular weight excluding hydrogens is 620 g/mol. The van der Waals surface area contributed by atoms with Crippen LogP contribution in [0.25, 0.3) is 0 Å². The molecule has 42 heavy (non-hydrogen) atoms. The van der Waals surface area contributed by atoms with E-state index in [0.717, 1.165) is 31.4 Å². The number of hydrogen-bond donors (Lipinski definition) is 2. The molecule has 10 heteroatoms. The summed E-state index contributed by atoms with van der Waals surface area (Å²) in [6, 6.07) is 20.4. The van der Waals surface area contributed by atoms with Crippen LogP contribution in [-0.4, -0.2) is 44.3 Å². The molecule has 3 aromatic carbocycles. The Bertz CT molecular complexity index is 1500. The van der Waals surface area contributed by atoms with Gasteiger partial charge in [-0.25, -0.2) is 13.2 Å². The molecule has 0 aromatic heterocycles. The fourth-order valence-corrected chi connectivity index (χ4v) is 8.02. The normalized spacial score (nSPS) is 18.4. The van der Waals surface area contributed by atoms with Crippen LogP contribution in [0.4, 0.5) is 11.4 Å². The molecular formula is C32H37BrN2O6S. The second kappa shape index (κ2) is 13.7. The van der Waals surface area contributed by atoms with Gasteiger partial charge in [0.25, 0.3) is 0 Å². The monoisotopic (exact) mass is 656 g/mol. The van der Waals surface area contributed by atoms with Gasteiger partial charge in [-0.3, -0.25) is 4.79 Å². The number of hydrogen-bond acceptors (Lipinski definition) is 6. The summed E-state index contributed by atoms with van der Waals surface area (Å²) in [6.45, 7) is 4.68. The number of carbonyl (C=O) groups excluding carboxylic acids is 1. The Hall–Kier alpha value is -3.37. The van der Waals surface area contributed by atoms with Gasteiger partial charge in [-0.1, -0.05) is 75.2 Å². The Morgan fingerprint density at radius 1 is 1.07 bits per heavy atom. The molecule has 0 radical (unpaired) electrons. The molecule has 0 bridgehead atoms. The molecule has 1 unspecified atom stereocenters. The van der Waals surface area contributed by atoms with E-state index in [2.05, 4.69) is 40.0 Å². The average Bonchev–Trinajstić information content (AvgIpc) is 3.07. The van der Waals surface area contributed by atoms with E-state index in [1.807, 2.05) is 30.3 Å². The third-order valence-electron chi connectivity index (χ3n) is 7.78. The van der Waals surface area contributed by atoms with Crippen molar-refractivity contribution < 1.29 is 27.9 Å². The van der Waals surface area contributed by atoms with Crippen molar-refractivity contribution >= 4 is 49.0 Å². The zero-order valence-electron chi connectivity index (χ0n) is 23.9. The SMILES string of the molecule is CCCCC1(CC)CN(c2ccccc2)c2cc(Br)c(OCCC(=O)N[C@@H](C(=O)O)c3ccccc3)cc2S(=O)(=O)C1. The van der Waals surface area contributed by atoms with E-state index >= 15 is 0 Å². The van der Waals surface area contributed by atoms with E-state index in [4.69, 9.17) is 4.74 Å². The van der Waals surface area contributed by atoms with Crippen LogP contribution in [0.1, 0.15) is 57.6 Å². The number of anilines is 2. The van der Waals surface area contributed by atoms with Gasteiger partial charge in [-0.2, -0.15) is 0 Å². The number of rotatable bonds is 12. The molecule has 8 nitrogen and oxygen atoms in total. The maximum Gasteiger partial charge on any atom is 0.330 e. The minimum absolute atomic E-state index is 0.0341. The maximum absolute atomic E-state index is 14.0. The van der Waals surface area contributed by atoms with Gasteiger partial charge < -0.3 is 20.1 Å². The van der Waals surface area contributed by atoms with Crippen molar-refractivity contribution in [3.05, 3.63) is 82.8 Å². The van der Waals surface area contributed by atoms with E-state index in [-0.39, 0.29) is 23.7 Å². The molecule has 1 aliphatic heterocycles. The minimum atomic E-state index is -3.69. The lowest BCUT2D eigenvalue weighted by atomic mass is 9.81. The zero-order chi connectivity index (χ0) is 30.3. The first-order valence-electron chi connectivity index (χ1n) is 14.2. The predicted molar refractivity (Wildman–Crippen MR) is 167 cm³/mol. The standard InChI is InChI=1S/C32H37BrN2O6S/c1-3-5-17-32(4-2)21-35(24-14-10-7-11-15-24)26-19-25(33)27(20-28(26)42(39,40)22-32)41-18-16-29(36)34-30(31(37)38)23-12-8-6-9-13-23/h6-15,19-20,30H,3-5,16-18,21-22H2,1-2H3,(H,34,36)(H,37,38)/t30-,32?/m1/s1. The van der Waals surface area contributed by atoms with Crippen LogP contribution < -0.4 is 15.0 Å². The summed E-state index contributed by atoms with van der Waals surface area (Å²) in [4.78, 5) is 26.6. The molecule has 0 aliphatic carbocycles. The van der Waals surface area contributed by atoms with Crippen molar-refractivity contribution in [3.63, 3.8) is 0 Å². The molecule has 1 heterocycles. The Kier molecular flexibility index (Phi) is 10.3. The van der Waals surface area contributed by atoms with E-state index in [9.17, 15) is 23.1 Å². The van der Waals surface area contributed by atoms with Crippen LogP contribution in [0.5, 0.6) is 5.75 Å². The molecule has 0 saturated carbocycles. The van der Waals surface area contributed by atoms with Crippen LogP contribution >= 0.6 is 15.9 Å². The van der Waals surface area contributed by atoms with E-state index in [0.29, 0.717) is 28.0 Å². The van der Waals surface area contributed by atoms with Gasteiger partial charge in [-0.15, -0.1) is 0 Å². The fraction of sp³-hybridized carbons (Fsp3) is 0.375. The Balaban J connectivity index is 1.59. The van der Waals surface area contributed by atoms with Crippen LogP contribution in [-0.2, 0) is 19.4 Å². The smallest absolute Gasteiger partial charge is 0.330 e. The van der Waals surface area contributed by atoms with E-state index in [1.54, 1.807) is 36.4 Å². The number of halogens is 1. The summed E-state index contributed by atoms with van der Waals surface area (Å²) in [5.74, 6) is -1.33. The first-order chi connectivity index (χ1) is 20.1. The number of carbonyl (C=O) groups is 2. The highest BCUT2D eigenvalue weighted by atomic mass is 79.9. The number of benzene rings is 3. The van der Waals surface area contributed by atoms with E-state index < -0.39 is 33.2 Å². The summed E-state index contributed by atoms with van der Waals surface area (Å²) in [5.41, 5.74) is 1.53. The Morgan fingerprint density at radius 2 is 1.74 bits per heavy atom. The van der Waals surface area contributed by atoms with Crippen molar-refractivity contribution in [1.29, 1.82) is 0 Å². The van der Waals surface area contributed by atoms with Gasteiger partial charge in [0.1, 0.15) is 5.75 Å². The number of sulfone groups is 1. The molecule has 0 saturated heterocycles. The largest absolute Gasteiger partial charge is 0.492 e. The number of unbranched alkanes of at least 4 members (excludes halogenated alkanes) is 1. The number of amides is 1. The molecule has 0 fully saturated rings. The molecule has 0 spiro atoms. The van der Waals surface area contributed by atoms with Gasteiger partial charge in [0, 0.05) is 23.7 Å². The van der Waals surface area contributed by atoms with Crippen molar-refractivity contribution in [2.75, 3.05) is 23.8 Å². The number of nitrogens with zero attached hydrogens (tertiary/aromatic N) is 1. The minimum Gasteiger partial charge on any atom is -0.492 e. The molecule has 224 valence electrons. The lowest BCUT2D eigenvalue weighted by Gasteiger charge is -2.36. The second-order valence-corrected chi connectivity index (χ2v) is 13.5. The number of ether oxygens (including phenoxy) is 1. The topological polar surface area (TPSA) is 113 Å². The first-order valence-corrected chi connectivity index (χ1v) is 16.6. The third kappa shape index (κ3) is 7.33. The van der Waals surface area contributed by atoms with Crippen LogP contribution in [0.3, 0.4) is 0 Å². The van der Waals surface area contributed by atoms with Gasteiger partial charge in [0.2, 0.25) is 5.91 Å². The van der Waals surface area contributed by atoms with Crippen molar-refractivity contribution in [3.8, 4) is 5.75 Å². The lowest BCUT2D eigenvalue weighted by Crippen LogP contribution is -2.37. The highest BCUT2D eigenvalue weighted by molar-refractivity contribution is 9.10. The number of nitrogens with one attached hydrogen (secondary N) is 1. The summed E-state index contributed by atoms with van der Waals surface area (Å²) < 4.78 is 34.4. The van der Waals surface area contributed by atoms with Crippen molar-refractivity contribution in [1.82, 2.24) is 5.32 Å². The van der Waals surface area contributed by atoms with E-state index in [1.165, 1.54) is 6.07 Å². The molecule has 4 rings (SSSR count). The summed E-state index contributed by atoms with van der Waals surface area (Å²) >= 11 is 3.56. The van der Waals surface area contributed by atoms with Gasteiger partial charge in [0.15, 0.2) is 15.9 Å². The summed E-state index contributed by atoms with van der Waals surface area (Å²) in [7, 11) is -3.69. The number of para-hydroxylation sites is 1. The second-order valence-electron chi connectivity index (χ2n) is 10.7. The summed E-state index contributed by atoms with van der Waals surface area (Å²) in [6.07, 6.45) is 3.34. The molecule has 2 N–H and O–H groups in total. The van der Waals surface area contributed by atoms with Crippen LogP contribution in [0, 0.1) is 5.41 Å². The van der Waals surface area contributed by atoms with Crippen LogP contribution in [0.15, 0.2) is 82.2 Å². The lowest BCUT2D eigenvalue weighted by molar-refractivity contribution is -0.142. The maximum atomic E-state index is 14.0. The van der Waals surface area contributed by atoms with Crippen LogP contribution in [0.2, 0.25) is 0 Å². The van der Waals surface area contributed by atoms with Gasteiger partial charge in [-0.05, 0) is 52.5 Å². The van der Waals surface area contributed by atoms with Crippen molar-refractivity contribution in [2.24, 2.45) is 5.41 Å². The molecule has 1 aliphatic rings. The zero-order valence-corrected chi connectivity index (χ0v) is 26.3. The Labute approximate surface area is 256 Å². The highest BCUT2D eigenvalue weighted by Gasteiger charge is 2.42. The average molecular weight is 658 g/mol. The third-order valence-corrected chi connectivity index (χ3v) is 10.4. The van der Waals surface area contributed by atoms with Gasteiger partial charge in [0.05, 0.1) is 33.8 Å². The number of carboxylic acid groups (broad SMARTS) is 1. The summed E-state index contributed by atoms with van der Waals surface area (Å²) in [5, 5.41) is 12.1. The van der Waals surface area contributed by atoms with Gasteiger partial charge >= 0.3 is 5.97 Å². The number of fused-ring (bicyclic) bond motifs is 1.